The van der Waals surface area contributed by atoms with Crippen LogP contribution in [-0.2, 0) is 14.3 Å². The summed E-state index contributed by atoms with van der Waals surface area (Å²) in [5.74, 6) is 0.170. The van der Waals surface area contributed by atoms with E-state index in [2.05, 4.69) is 5.32 Å². The third kappa shape index (κ3) is 7.15. The molecule has 172 valence electrons. The molecule has 8 nitrogen and oxygen atoms in total. The van der Waals surface area contributed by atoms with Crippen LogP contribution in [0.5, 0.6) is 0 Å². The van der Waals surface area contributed by atoms with E-state index in [1.165, 1.54) is 24.2 Å². The average Bonchev–Trinajstić information content (AvgIpc) is 2.66. The first-order valence-corrected chi connectivity index (χ1v) is 11.3. The van der Waals surface area contributed by atoms with Crippen LogP contribution in [0.4, 0.5) is 4.79 Å². The molecule has 2 fully saturated rings. The summed E-state index contributed by atoms with van der Waals surface area (Å²) in [4.78, 5) is 39.3. The second-order valence-corrected chi connectivity index (χ2v) is 9.72. The van der Waals surface area contributed by atoms with Crippen molar-refractivity contribution in [2.45, 2.75) is 84.0 Å². The van der Waals surface area contributed by atoms with Crippen LogP contribution in [-0.4, -0.2) is 77.2 Å². The Kier molecular flexibility index (Phi) is 8.94. The molecule has 2 unspecified atom stereocenters. The van der Waals surface area contributed by atoms with E-state index in [0.29, 0.717) is 44.9 Å². The third-order valence-corrected chi connectivity index (χ3v) is 5.98. The first-order chi connectivity index (χ1) is 14.1. The van der Waals surface area contributed by atoms with Crippen molar-refractivity contribution in [3.8, 4) is 0 Å². The molecular formula is C22H39N3O5. The molecule has 2 aliphatic rings. The largest absolute Gasteiger partial charge is 0.444 e. The lowest BCUT2D eigenvalue weighted by molar-refractivity contribution is -0.137. The summed E-state index contributed by atoms with van der Waals surface area (Å²) in [7, 11) is 0. The van der Waals surface area contributed by atoms with E-state index in [1.807, 2.05) is 27.7 Å². The van der Waals surface area contributed by atoms with Gasteiger partial charge in [0.2, 0.25) is 6.41 Å². The summed E-state index contributed by atoms with van der Waals surface area (Å²) in [6, 6.07) is -0.579. The quantitative estimate of drug-likeness (QED) is 0.552. The molecule has 0 bridgehead atoms. The van der Waals surface area contributed by atoms with Crippen LogP contribution in [0.25, 0.3) is 0 Å². The average molecular weight is 426 g/mol. The van der Waals surface area contributed by atoms with Gasteiger partial charge in [-0.1, -0.05) is 26.2 Å². The van der Waals surface area contributed by atoms with E-state index in [-0.39, 0.29) is 12.0 Å². The molecule has 0 radical (unpaired) electrons. The Labute approximate surface area is 180 Å². The number of amides is 3. The highest BCUT2D eigenvalue weighted by Crippen LogP contribution is 2.24. The minimum absolute atomic E-state index is 0.106. The van der Waals surface area contributed by atoms with Gasteiger partial charge in [-0.2, -0.15) is 0 Å². The maximum absolute atomic E-state index is 12.5. The molecule has 2 N–H and O–H groups in total. The Balaban J connectivity index is 1.81. The monoisotopic (exact) mass is 425 g/mol. The Bertz CT molecular complexity index is 580. The molecule has 1 saturated heterocycles. The van der Waals surface area contributed by atoms with Gasteiger partial charge in [0.05, 0.1) is 6.04 Å². The molecule has 1 heterocycles. The molecule has 8 heteroatoms. The van der Waals surface area contributed by atoms with Gasteiger partial charge in [-0.25, -0.2) is 4.79 Å². The topological polar surface area (TPSA) is 99.2 Å². The van der Waals surface area contributed by atoms with Gasteiger partial charge in [0.1, 0.15) is 5.60 Å². The molecule has 0 aromatic rings. The van der Waals surface area contributed by atoms with Crippen LogP contribution in [0.15, 0.2) is 0 Å². The minimum atomic E-state index is -1.26. The van der Waals surface area contributed by atoms with Crippen molar-refractivity contribution < 1.29 is 24.2 Å². The predicted octanol–water partition coefficient (Wildman–Crippen LogP) is 2.15. The van der Waals surface area contributed by atoms with Crippen molar-refractivity contribution >= 4 is 18.4 Å². The molecule has 1 saturated carbocycles. The van der Waals surface area contributed by atoms with Gasteiger partial charge in [-0.3, -0.25) is 9.59 Å². The molecule has 1 aliphatic heterocycles. The number of ether oxygens (including phenoxy) is 1. The number of carbonyl (C=O) groups excluding carboxylic acids is 3. The fourth-order valence-corrected chi connectivity index (χ4v) is 4.27. The zero-order valence-electron chi connectivity index (χ0n) is 18.9. The maximum Gasteiger partial charge on any atom is 0.410 e. The SMILES string of the molecule is CCC(C(O)C(=O)NCC1CCCCC1)N(C=O)CC1CN(C(=O)OC(C)(C)C)C1. The Hall–Kier alpha value is -1.83. The predicted molar refractivity (Wildman–Crippen MR) is 114 cm³/mol. The fraction of sp³-hybridized carbons (Fsp3) is 0.864. The van der Waals surface area contributed by atoms with E-state index >= 15 is 0 Å². The Morgan fingerprint density at radius 2 is 1.83 bits per heavy atom. The highest BCUT2D eigenvalue weighted by molar-refractivity contribution is 5.81. The van der Waals surface area contributed by atoms with E-state index in [4.69, 9.17) is 4.74 Å². The molecule has 30 heavy (non-hydrogen) atoms. The molecule has 2 rings (SSSR count). The van der Waals surface area contributed by atoms with Gasteiger partial charge >= 0.3 is 6.09 Å². The van der Waals surface area contributed by atoms with Crippen LogP contribution in [0.3, 0.4) is 0 Å². The zero-order chi connectivity index (χ0) is 22.3. The second-order valence-electron chi connectivity index (χ2n) is 9.72. The first kappa shape index (κ1) is 24.4. The zero-order valence-corrected chi connectivity index (χ0v) is 18.9. The number of nitrogens with zero attached hydrogens (tertiary/aromatic N) is 2. The summed E-state index contributed by atoms with van der Waals surface area (Å²) in [5.41, 5.74) is -0.542. The van der Waals surface area contributed by atoms with Crippen LogP contribution in [0.1, 0.15) is 66.2 Å². The molecule has 1 aliphatic carbocycles. The first-order valence-electron chi connectivity index (χ1n) is 11.3. The molecular weight excluding hydrogens is 386 g/mol. The number of aliphatic hydroxyl groups excluding tert-OH is 1. The number of hydrogen-bond acceptors (Lipinski definition) is 5. The van der Waals surface area contributed by atoms with E-state index < -0.39 is 23.7 Å². The normalized spacial score (nSPS) is 20.1. The van der Waals surface area contributed by atoms with Crippen molar-refractivity contribution in [3.05, 3.63) is 0 Å². The van der Waals surface area contributed by atoms with Gasteiger partial charge in [0.25, 0.3) is 5.91 Å². The summed E-state index contributed by atoms with van der Waals surface area (Å²) < 4.78 is 5.35. The number of hydrogen-bond donors (Lipinski definition) is 2. The lowest BCUT2D eigenvalue weighted by Crippen LogP contribution is -2.58. The van der Waals surface area contributed by atoms with Crippen LogP contribution in [0, 0.1) is 11.8 Å². The van der Waals surface area contributed by atoms with Crippen molar-refractivity contribution in [1.29, 1.82) is 0 Å². The number of rotatable bonds is 9. The van der Waals surface area contributed by atoms with Crippen molar-refractivity contribution in [3.63, 3.8) is 0 Å². The number of nitrogens with one attached hydrogen (secondary N) is 1. The number of aliphatic hydroxyl groups is 1. The molecule has 2 atom stereocenters. The number of carbonyl (C=O) groups is 3. The molecule has 0 aromatic carbocycles. The van der Waals surface area contributed by atoms with Crippen molar-refractivity contribution in [2.75, 3.05) is 26.2 Å². The van der Waals surface area contributed by atoms with Crippen LogP contribution < -0.4 is 5.32 Å². The fourth-order valence-electron chi connectivity index (χ4n) is 4.27. The second kappa shape index (κ2) is 11.0. The van der Waals surface area contributed by atoms with Crippen LogP contribution in [0.2, 0.25) is 0 Å². The lowest BCUT2D eigenvalue weighted by atomic mass is 9.89. The molecule has 0 aromatic heterocycles. The van der Waals surface area contributed by atoms with Gasteiger partial charge in [0, 0.05) is 32.1 Å². The lowest BCUT2D eigenvalue weighted by Gasteiger charge is -2.43. The number of likely N-dealkylation sites (tertiary alicyclic amines) is 1. The van der Waals surface area contributed by atoms with Gasteiger partial charge < -0.3 is 25.0 Å². The summed E-state index contributed by atoms with van der Waals surface area (Å²) in [5, 5.41) is 13.5. The Morgan fingerprint density at radius 3 is 2.37 bits per heavy atom. The smallest absolute Gasteiger partial charge is 0.410 e. The highest BCUT2D eigenvalue weighted by Gasteiger charge is 2.37. The molecule has 3 amide bonds. The maximum atomic E-state index is 12.5. The van der Waals surface area contributed by atoms with E-state index in [9.17, 15) is 19.5 Å². The van der Waals surface area contributed by atoms with Crippen molar-refractivity contribution in [1.82, 2.24) is 15.1 Å². The van der Waals surface area contributed by atoms with Crippen molar-refractivity contribution in [2.24, 2.45) is 11.8 Å². The minimum Gasteiger partial charge on any atom is -0.444 e. The Morgan fingerprint density at radius 1 is 1.20 bits per heavy atom. The standard InChI is InChI=1S/C22H39N3O5/c1-5-18(19(27)20(28)23-11-16-9-7-6-8-10-16)25(15-26)14-17-12-24(13-17)21(29)30-22(2,3)4/h15-19,27H,5-14H2,1-4H3,(H,23,28). The third-order valence-electron chi connectivity index (χ3n) is 5.98. The van der Waals surface area contributed by atoms with Gasteiger partial charge in [-0.15, -0.1) is 0 Å². The van der Waals surface area contributed by atoms with Gasteiger partial charge in [0.15, 0.2) is 6.10 Å². The van der Waals surface area contributed by atoms with E-state index in [1.54, 1.807) is 4.90 Å². The van der Waals surface area contributed by atoms with Crippen LogP contribution >= 0.6 is 0 Å². The van der Waals surface area contributed by atoms with Gasteiger partial charge in [-0.05, 0) is 46.0 Å². The summed E-state index contributed by atoms with van der Waals surface area (Å²) in [6.07, 6.45) is 5.43. The van der Waals surface area contributed by atoms with E-state index in [0.717, 1.165) is 12.8 Å². The summed E-state index contributed by atoms with van der Waals surface area (Å²) >= 11 is 0. The highest BCUT2D eigenvalue weighted by atomic mass is 16.6. The summed E-state index contributed by atoms with van der Waals surface area (Å²) in [6.45, 7) is 9.30. The molecule has 0 spiro atoms.